The Morgan fingerprint density at radius 1 is 0.500 bits per heavy atom. The van der Waals surface area contributed by atoms with Crippen molar-refractivity contribution in [2.75, 3.05) is 11.9 Å². The molecule has 0 amide bonds. The topological polar surface area (TPSA) is 57.2 Å². The molecule has 0 bridgehead atoms. The van der Waals surface area contributed by atoms with Gasteiger partial charge in [0, 0.05) is 40.0 Å². The van der Waals surface area contributed by atoms with Crippen molar-refractivity contribution in [2.24, 2.45) is 4.99 Å². The molecule has 1 aliphatic rings. The van der Waals surface area contributed by atoms with Crippen molar-refractivity contribution in [2.45, 2.75) is 12.3 Å². The van der Waals surface area contributed by atoms with Crippen LogP contribution in [-0.4, -0.2) is 17.8 Å². The van der Waals surface area contributed by atoms with Crippen molar-refractivity contribution in [1.29, 1.82) is 0 Å². The molecule has 0 aliphatic carbocycles. The van der Waals surface area contributed by atoms with Gasteiger partial charge in [-0.15, -0.1) is 0 Å². The minimum absolute atomic E-state index is 0.181. The van der Waals surface area contributed by atoms with Crippen LogP contribution in [0.25, 0.3) is 65.8 Å². The third kappa shape index (κ3) is 5.95. The van der Waals surface area contributed by atoms with Gasteiger partial charge in [-0.25, -0.2) is 4.99 Å². The molecule has 6 heteroatoms. The molecule has 0 saturated carbocycles. The number of anilines is 3. The molecule has 2 atom stereocenters. The zero-order valence-corrected chi connectivity index (χ0v) is 33.9. The molecule has 62 heavy (non-hydrogen) atoms. The number of benzene rings is 9. The van der Waals surface area contributed by atoms with E-state index in [4.69, 9.17) is 13.8 Å². The largest absolute Gasteiger partial charge is 0.455 e. The molecule has 6 nitrogen and oxygen atoms in total. The van der Waals surface area contributed by atoms with Crippen LogP contribution in [0.2, 0.25) is 0 Å². The number of rotatable bonds is 7. The van der Waals surface area contributed by atoms with Gasteiger partial charge in [-0.2, -0.15) is 0 Å². The van der Waals surface area contributed by atoms with Crippen molar-refractivity contribution in [3.8, 4) is 11.1 Å². The molecule has 11 aromatic rings. The van der Waals surface area contributed by atoms with Crippen LogP contribution in [0.3, 0.4) is 0 Å². The van der Waals surface area contributed by atoms with Crippen LogP contribution in [0.15, 0.2) is 220 Å². The number of amidine groups is 1. The van der Waals surface area contributed by atoms with Crippen LogP contribution >= 0.6 is 0 Å². The summed E-state index contributed by atoms with van der Waals surface area (Å²) in [6.07, 6.45) is -0.453. The van der Waals surface area contributed by atoms with E-state index in [2.05, 4.69) is 204 Å². The van der Waals surface area contributed by atoms with E-state index in [0.717, 1.165) is 94.6 Å². The molecule has 0 fully saturated rings. The highest BCUT2D eigenvalue weighted by atomic mass is 16.3. The van der Waals surface area contributed by atoms with Gasteiger partial charge in [0.2, 0.25) is 0 Å². The first-order valence-electron chi connectivity index (χ1n) is 21.1. The molecule has 3 heterocycles. The lowest BCUT2D eigenvalue weighted by Crippen LogP contribution is -2.46. The number of para-hydroxylation sites is 4. The maximum absolute atomic E-state index is 6.87. The van der Waals surface area contributed by atoms with E-state index in [0.29, 0.717) is 0 Å². The van der Waals surface area contributed by atoms with E-state index >= 15 is 0 Å². The van der Waals surface area contributed by atoms with Gasteiger partial charge in [-0.1, -0.05) is 158 Å². The van der Waals surface area contributed by atoms with Gasteiger partial charge in [-0.05, 0) is 81.6 Å². The fourth-order valence-electron chi connectivity index (χ4n) is 9.34. The third-order valence-electron chi connectivity index (χ3n) is 12.3. The SMILES string of the molecule is CN1C(c2cccc3c2oc2ccccc23)=NC(c2ccccc2)NC1c1ccc(-c2ccc(N(c3ccccc3)c3ccc4ccccc4c3)c3oc4ccccc4c23)cc1. The summed E-state index contributed by atoms with van der Waals surface area (Å²) < 4.78 is 13.4. The van der Waals surface area contributed by atoms with E-state index in [1.807, 2.05) is 24.3 Å². The van der Waals surface area contributed by atoms with E-state index in [-0.39, 0.29) is 12.3 Å². The zero-order chi connectivity index (χ0) is 41.1. The monoisotopic (exact) mass is 800 g/mol. The Kier molecular flexibility index (Phi) is 8.50. The molecular weight excluding hydrogens is 761 g/mol. The number of nitrogens with zero attached hydrogens (tertiary/aromatic N) is 3. The van der Waals surface area contributed by atoms with Crippen LogP contribution in [0.1, 0.15) is 29.0 Å². The highest BCUT2D eigenvalue weighted by molar-refractivity contribution is 6.17. The van der Waals surface area contributed by atoms with Crippen LogP contribution < -0.4 is 10.2 Å². The summed E-state index contributed by atoms with van der Waals surface area (Å²) >= 11 is 0. The summed E-state index contributed by atoms with van der Waals surface area (Å²) in [5.74, 6) is 0.868. The van der Waals surface area contributed by atoms with Crippen molar-refractivity contribution < 1.29 is 8.83 Å². The Morgan fingerprint density at radius 3 is 1.97 bits per heavy atom. The average molecular weight is 801 g/mol. The van der Waals surface area contributed by atoms with Gasteiger partial charge < -0.3 is 18.6 Å². The van der Waals surface area contributed by atoms with Gasteiger partial charge in [0.05, 0.1) is 11.3 Å². The predicted octanol–water partition coefficient (Wildman–Crippen LogP) is 14.5. The lowest BCUT2D eigenvalue weighted by molar-refractivity contribution is 0.257. The highest BCUT2D eigenvalue weighted by Gasteiger charge is 2.32. The van der Waals surface area contributed by atoms with Crippen LogP contribution in [0.4, 0.5) is 17.1 Å². The van der Waals surface area contributed by atoms with Crippen LogP contribution in [0.5, 0.6) is 0 Å². The second-order valence-electron chi connectivity index (χ2n) is 16.0. The lowest BCUT2D eigenvalue weighted by Gasteiger charge is -2.39. The molecule has 1 aliphatic heterocycles. The second-order valence-corrected chi connectivity index (χ2v) is 16.0. The summed E-state index contributed by atoms with van der Waals surface area (Å²) in [6.45, 7) is 0. The number of nitrogens with one attached hydrogen (secondary N) is 1. The van der Waals surface area contributed by atoms with Gasteiger partial charge in [0.15, 0.2) is 5.58 Å². The molecule has 0 saturated heterocycles. The van der Waals surface area contributed by atoms with Gasteiger partial charge in [-0.3, -0.25) is 5.32 Å². The molecule has 12 rings (SSSR count). The third-order valence-corrected chi connectivity index (χ3v) is 12.3. The lowest BCUT2D eigenvalue weighted by atomic mass is 9.96. The standard InChI is InChI=1S/C56H40N4O2/c1-59-55(57-54(38-16-4-2-5-17-38)58-56(59)47-24-14-23-45-44-21-10-12-25-49(44)61-52(45)47)39-29-27-37(28-30-39)43-33-34-48(53-51(43)46-22-11-13-26-50(46)62-53)60(41-19-6-3-7-20-41)42-32-31-36-15-8-9-18-40(36)35-42/h2-35,54-55,57H,1H3. The second kappa shape index (κ2) is 14.7. The van der Waals surface area contributed by atoms with Crippen molar-refractivity contribution in [3.63, 3.8) is 0 Å². The van der Waals surface area contributed by atoms with Crippen molar-refractivity contribution in [3.05, 3.63) is 223 Å². The molecule has 9 aromatic carbocycles. The first-order chi connectivity index (χ1) is 30.7. The average Bonchev–Trinajstić information content (AvgIpc) is 3.92. The van der Waals surface area contributed by atoms with E-state index < -0.39 is 0 Å². The Bertz CT molecular complexity index is 3480. The van der Waals surface area contributed by atoms with Crippen LogP contribution in [0, 0.1) is 0 Å². The summed E-state index contributed by atoms with van der Waals surface area (Å²) in [5, 5.41) is 10.6. The Labute approximate surface area is 358 Å². The first-order valence-corrected chi connectivity index (χ1v) is 21.1. The number of aliphatic imine (C=N–C) groups is 1. The maximum atomic E-state index is 6.87. The molecule has 0 radical (unpaired) electrons. The Hall–Kier alpha value is -7.93. The van der Waals surface area contributed by atoms with Crippen LogP contribution in [-0.2, 0) is 0 Å². The van der Waals surface area contributed by atoms with Gasteiger partial charge in [0.1, 0.15) is 34.9 Å². The fraction of sp³-hybridized carbons (Fsp3) is 0.0536. The normalized spacial score (nSPS) is 15.5. The minimum Gasteiger partial charge on any atom is -0.455 e. The zero-order valence-electron chi connectivity index (χ0n) is 33.9. The molecule has 2 aromatic heterocycles. The highest BCUT2D eigenvalue weighted by Crippen LogP contribution is 2.46. The summed E-state index contributed by atoms with van der Waals surface area (Å²) in [5.41, 5.74) is 11.9. The molecule has 296 valence electrons. The van der Waals surface area contributed by atoms with Gasteiger partial charge >= 0.3 is 0 Å². The van der Waals surface area contributed by atoms with Gasteiger partial charge in [0.25, 0.3) is 0 Å². The molecular formula is C56H40N4O2. The minimum atomic E-state index is -0.272. The first kappa shape index (κ1) is 36.0. The molecule has 2 unspecified atom stereocenters. The quantitative estimate of drug-likeness (QED) is 0.174. The predicted molar refractivity (Wildman–Crippen MR) is 254 cm³/mol. The van der Waals surface area contributed by atoms with E-state index in [9.17, 15) is 0 Å². The number of hydrogen-bond acceptors (Lipinski definition) is 6. The number of furan rings is 2. The van der Waals surface area contributed by atoms with E-state index in [1.165, 1.54) is 10.8 Å². The Balaban J connectivity index is 0.967. The maximum Gasteiger partial charge on any atom is 0.160 e. The molecule has 1 N–H and O–H groups in total. The van der Waals surface area contributed by atoms with E-state index in [1.54, 1.807) is 0 Å². The van der Waals surface area contributed by atoms with Crippen molar-refractivity contribution in [1.82, 2.24) is 10.2 Å². The number of hydrogen-bond donors (Lipinski definition) is 1. The Morgan fingerprint density at radius 2 is 1.16 bits per heavy atom. The summed E-state index contributed by atoms with van der Waals surface area (Å²) in [4.78, 5) is 9.90. The smallest absolute Gasteiger partial charge is 0.160 e. The molecule has 0 spiro atoms. The number of fused-ring (bicyclic) bond motifs is 7. The summed E-state index contributed by atoms with van der Waals surface area (Å²) in [6, 6.07) is 72.5. The summed E-state index contributed by atoms with van der Waals surface area (Å²) in [7, 11) is 2.11. The van der Waals surface area contributed by atoms with Crippen molar-refractivity contribution >= 4 is 77.5 Å². The fourth-order valence-corrected chi connectivity index (χ4v) is 9.34.